The third kappa shape index (κ3) is 4.46. The van der Waals surface area contributed by atoms with Crippen LogP contribution in [-0.4, -0.2) is 18.4 Å². The molecule has 0 spiro atoms. The zero-order valence-corrected chi connectivity index (χ0v) is 16.2. The van der Waals surface area contributed by atoms with Crippen molar-refractivity contribution in [1.29, 1.82) is 0 Å². The molecule has 4 nitrogen and oxygen atoms in total. The average molecular weight is 357 g/mol. The van der Waals surface area contributed by atoms with E-state index >= 15 is 0 Å². The quantitative estimate of drug-likeness (QED) is 0.775. The predicted molar refractivity (Wildman–Crippen MR) is 106 cm³/mol. The maximum atomic E-state index is 12.6. The Morgan fingerprint density at radius 2 is 2.00 bits per heavy atom. The summed E-state index contributed by atoms with van der Waals surface area (Å²) in [7, 11) is 0. The zero-order valence-electron chi connectivity index (χ0n) is 16.2. The minimum atomic E-state index is 0.146. The van der Waals surface area contributed by atoms with Crippen molar-refractivity contribution in [2.45, 2.75) is 71.6 Å². The van der Waals surface area contributed by atoms with Crippen LogP contribution in [0.15, 0.2) is 18.2 Å². The van der Waals surface area contributed by atoms with Crippen LogP contribution in [0.1, 0.15) is 70.3 Å². The Balaban J connectivity index is 1.55. The summed E-state index contributed by atoms with van der Waals surface area (Å²) in [5, 5.41) is 3.10. The zero-order chi connectivity index (χ0) is 18.5. The Morgan fingerprint density at radius 3 is 2.62 bits per heavy atom. The first-order valence-electron chi connectivity index (χ1n) is 10.3. The average Bonchev–Trinajstić information content (AvgIpc) is 3.06. The fraction of sp³-hybridized carbons (Fsp3) is 0.636. The van der Waals surface area contributed by atoms with E-state index in [2.05, 4.69) is 12.2 Å². The minimum absolute atomic E-state index is 0.146. The van der Waals surface area contributed by atoms with E-state index in [0.29, 0.717) is 6.42 Å². The van der Waals surface area contributed by atoms with E-state index in [0.717, 1.165) is 48.7 Å². The highest BCUT2D eigenvalue weighted by Crippen LogP contribution is 2.33. The van der Waals surface area contributed by atoms with E-state index in [4.69, 9.17) is 0 Å². The summed E-state index contributed by atoms with van der Waals surface area (Å²) in [5.41, 5.74) is 2.86. The fourth-order valence-electron chi connectivity index (χ4n) is 4.39. The molecule has 2 amide bonds. The fourth-order valence-corrected chi connectivity index (χ4v) is 4.39. The first kappa shape index (κ1) is 18.9. The molecule has 1 saturated carbocycles. The molecule has 0 unspecified atom stereocenters. The monoisotopic (exact) mass is 356 g/mol. The Kier molecular flexibility index (Phi) is 6.33. The number of benzene rings is 1. The van der Waals surface area contributed by atoms with Crippen LogP contribution in [0.2, 0.25) is 0 Å². The molecule has 1 aromatic carbocycles. The summed E-state index contributed by atoms with van der Waals surface area (Å²) in [4.78, 5) is 26.4. The molecule has 0 bridgehead atoms. The predicted octanol–water partition coefficient (Wildman–Crippen LogP) is 5.06. The third-order valence-electron chi connectivity index (χ3n) is 6.01. The Bertz CT molecular complexity index is 648. The van der Waals surface area contributed by atoms with Crippen LogP contribution in [0.4, 0.5) is 11.4 Å². The maximum Gasteiger partial charge on any atom is 0.227 e. The lowest BCUT2D eigenvalue weighted by Gasteiger charge is -2.28. The summed E-state index contributed by atoms with van der Waals surface area (Å²) in [6.45, 7) is 5.05. The smallest absolute Gasteiger partial charge is 0.227 e. The molecule has 3 rings (SSSR count). The lowest BCUT2D eigenvalue weighted by molar-refractivity contribution is -0.121. The number of hydrogen-bond acceptors (Lipinski definition) is 2. The van der Waals surface area contributed by atoms with E-state index in [9.17, 15) is 9.59 Å². The van der Waals surface area contributed by atoms with Gasteiger partial charge in [0.1, 0.15) is 0 Å². The molecule has 1 heterocycles. The molecule has 0 atom stereocenters. The van der Waals surface area contributed by atoms with Gasteiger partial charge in [-0.05, 0) is 68.7 Å². The summed E-state index contributed by atoms with van der Waals surface area (Å²) in [6, 6.07) is 5.89. The number of aryl methyl sites for hydroxylation is 1. The van der Waals surface area contributed by atoms with Gasteiger partial charge in [-0.15, -0.1) is 0 Å². The van der Waals surface area contributed by atoms with Gasteiger partial charge < -0.3 is 10.2 Å². The third-order valence-corrected chi connectivity index (χ3v) is 6.01. The van der Waals surface area contributed by atoms with Crippen molar-refractivity contribution in [3.63, 3.8) is 0 Å². The molecular formula is C22H32N2O2. The highest BCUT2D eigenvalue weighted by atomic mass is 16.2. The first-order chi connectivity index (χ1) is 12.6. The molecule has 26 heavy (non-hydrogen) atoms. The Hall–Kier alpha value is -1.84. The minimum Gasteiger partial charge on any atom is -0.326 e. The highest BCUT2D eigenvalue weighted by Gasteiger charge is 2.26. The number of rotatable bonds is 6. The molecule has 0 radical (unpaired) electrons. The van der Waals surface area contributed by atoms with Gasteiger partial charge in [0.05, 0.1) is 0 Å². The van der Waals surface area contributed by atoms with Crippen molar-refractivity contribution in [1.82, 2.24) is 0 Å². The summed E-state index contributed by atoms with van der Waals surface area (Å²) >= 11 is 0. The summed E-state index contributed by atoms with van der Waals surface area (Å²) in [5.74, 6) is 1.32. The van der Waals surface area contributed by atoms with Gasteiger partial charge in [-0.3, -0.25) is 9.59 Å². The maximum absolute atomic E-state index is 12.6. The number of nitrogens with zero attached hydrogens (tertiary/aromatic N) is 1. The number of nitrogens with one attached hydrogen (secondary N) is 1. The molecule has 1 N–H and O–H groups in total. The molecule has 1 aliphatic carbocycles. The molecule has 0 aromatic heterocycles. The molecular weight excluding hydrogens is 324 g/mol. The number of carbonyl (C=O) groups is 2. The SMILES string of the molecule is CCCCC1CCC(C(=O)Nc2ccc(N3CCCC3=O)c(C)c2)CC1. The standard InChI is InChI=1S/C22H32N2O2/c1-3-4-6-17-8-10-18(11-9-17)22(26)23-19-12-13-20(16(2)15-19)24-14-5-7-21(24)25/h12-13,15,17-18H,3-11,14H2,1-2H3,(H,23,26). The van der Waals surface area contributed by atoms with E-state index in [-0.39, 0.29) is 17.7 Å². The molecule has 2 fully saturated rings. The number of anilines is 2. The number of carbonyl (C=O) groups excluding carboxylic acids is 2. The van der Waals surface area contributed by atoms with Gasteiger partial charge in [-0.25, -0.2) is 0 Å². The molecule has 1 aromatic rings. The summed E-state index contributed by atoms with van der Waals surface area (Å²) < 4.78 is 0. The molecule has 1 aliphatic heterocycles. The molecule has 2 aliphatic rings. The van der Waals surface area contributed by atoms with Gasteiger partial charge in [-0.2, -0.15) is 0 Å². The molecule has 142 valence electrons. The van der Waals surface area contributed by atoms with Crippen molar-refractivity contribution >= 4 is 23.2 Å². The van der Waals surface area contributed by atoms with Crippen molar-refractivity contribution in [2.24, 2.45) is 11.8 Å². The van der Waals surface area contributed by atoms with Crippen LogP contribution in [0.3, 0.4) is 0 Å². The Labute approximate surface area is 157 Å². The van der Waals surface area contributed by atoms with Crippen molar-refractivity contribution in [3.05, 3.63) is 23.8 Å². The van der Waals surface area contributed by atoms with Crippen LogP contribution in [0.25, 0.3) is 0 Å². The Morgan fingerprint density at radius 1 is 1.23 bits per heavy atom. The molecule has 4 heteroatoms. The van der Waals surface area contributed by atoms with E-state index in [1.165, 1.54) is 32.1 Å². The van der Waals surface area contributed by atoms with Gasteiger partial charge in [0.15, 0.2) is 0 Å². The van der Waals surface area contributed by atoms with Crippen LogP contribution in [-0.2, 0) is 9.59 Å². The second-order valence-corrected chi connectivity index (χ2v) is 8.00. The van der Waals surface area contributed by atoms with Gasteiger partial charge in [0, 0.05) is 30.3 Å². The lowest BCUT2D eigenvalue weighted by Crippen LogP contribution is -2.27. The highest BCUT2D eigenvalue weighted by molar-refractivity contribution is 5.97. The van der Waals surface area contributed by atoms with Gasteiger partial charge in [0.25, 0.3) is 0 Å². The van der Waals surface area contributed by atoms with Gasteiger partial charge in [0.2, 0.25) is 11.8 Å². The largest absolute Gasteiger partial charge is 0.326 e. The van der Waals surface area contributed by atoms with Crippen molar-refractivity contribution in [2.75, 3.05) is 16.8 Å². The van der Waals surface area contributed by atoms with Gasteiger partial charge >= 0.3 is 0 Å². The summed E-state index contributed by atoms with van der Waals surface area (Å²) in [6.07, 6.45) is 9.86. The van der Waals surface area contributed by atoms with Crippen molar-refractivity contribution < 1.29 is 9.59 Å². The number of unbranched alkanes of at least 4 members (excludes halogenated alkanes) is 1. The van der Waals surface area contributed by atoms with E-state index < -0.39 is 0 Å². The number of hydrogen-bond donors (Lipinski definition) is 1. The molecule has 1 saturated heterocycles. The van der Waals surface area contributed by atoms with Gasteiger partial charge in [-0.1, -0.05) is 26.2 Å². The van der Waals surface area contributed by atoms with Crippen LogP contribution in [0, 0.1) is 18.8 Å². The van der Waals surface area contributed by atoms with E-state index in [1.54, 1.807) is 0 Å². The van der Waals surface area contributed by atoms with Crippen LogP contribution < -0.4 is 10.2 Å². The first-order valence-corrected chi connectivity index (χ1v) is 10.3. The second kappa shape index (κ2) is 8.70. The van der Waals surface area contributed by atoms with Crippen LogP contribution >= 0.6 is 0 Å². The topological polar surface area (TPSA) is 49.4 Å². The van der Waals surface area contributed by atoms with Crippen molar-refractivity contribution in [3.8, 4) is 0 Å². The van der Waals surface area contributed by atoms with Crippen LogP contribution in [0.5, 0.6) is 0 Å². The second-order valence-electron chi connectivity index (χ2n) is 8.00. The van der Waals surface area contributed by atoms with E-state index in [1.807, 2.05) is 30.0 Å². The number of amides is 2. The normalized spacial score (nSPS) is 23.3. The lowest BCUT2D eigenvalue weighted by atomic mass is 9.79.